The Morgan fingerprint density at radius 3 is 2.87 bits per heavy atom. The van der Waals surface area contributed by atoms with Crippen molar-refractivity contribution >= 4 is 66.5 Å². The molecule has 0 atom stereocenters. The van der Waals surface area contributed by atoms with Crippen LogP contribution in [0.3, 0.4) is 0 Å². The molecule has 2 aliphatic heterocycles. The Balaban J connectivity index is 1.45. The highest BCUT2D eigenvalue weighted by molar-refractivity contribution is 8.00. The number of carbonyl (C=O) groups excluding carboxylic acids is 1. The first kappa shape index (κ1) is 20.5. The lowest BCUT2D eigenvalue weighted by Crippen LogP contribution is -2.35. The highest BCUT2D eigenvalue weighted by Crippen LogP contribution is 2.35. The Bertz CT molecular complexity index is 1330. The van der Waals surface area contributed by atoms with Crippen molar-refractivity contribution in [3.05, 3.63) is 42.0 Å². The summed E-state index contributed by atoms with van der Waals surface area (Å²) in [5, 5.41) is 2.87. The van der Waals surface area contributed by atoms with Gasteiger partial charge in [-0.05, 0) is 55.5 Å². The van der Waals surface area contributed by atoms with Crippen LogP contribution in [0.5, 0.6) is 0 Å². The summed E-state index contributed by atoms with van der Waals surface area (Å²) in [6, 6.07) is 10.4. The number of nitrogens with one attached hydrogen (secondary N) is 1. The SMILES string of the molecule is CSc1nc2ccc(NC(=O)c3ccc4c(c3)S(=O)(=O)N=C3CCCCCN34)cc2s1. The second-order valence-corrected chi connectivity index (χ2v) is 11.1. The second-order valence-electron chi connectivity index (χ2n) is 7.45. The zero-order valence-corrected chi connectivity index (χ0v) is 19.2. The lowest BCUT2D eigenvalue weighted by molar-refractivity contribution is 0.102. The number of rotatable bonds is 3. The molecule has 0 radical (unpaired) electrons. The Hall–Kier alpha value is -2.43. The summed E-state index contributed by atoms with van der Waals surface area (Å²) in [5.74, 6) is 0.238. The molecule has 2 aliphatic rings. The number of hydrogen-bond donors (Lipinski definition) is 1. The zero-order valence-electron chi connectivity index (χ0n) is 16.8. The molecule has 31 heavy (non-hydrogen) atoms. The van der Waals surface area contributed by atoms with Crippen LogP contribution in [0, 0.1) is 0 Å². The topological polar surface area (TPSA) is 91.7 Å². The molecule has 160 valence electrons. The smallest absolute Gasteiger partial charge is 0.286 e. The van der Waals surface area contributed by atoms with Gasteiger partial charge in [-0.3, -0.25) is 4.79 Å². The summed E-state index contributed by atoms with van der Waals surface area (Å²) in [7, 11) is -3.83. The van der Waals surface area contributed by atoms with E-state index in [-0.39, 0.29) is 16.4 Å². The number of sulfonamides is 1. The molecule has 0 bridgehead atoms. The molecule has 0 aliphatic carbocycles. The fourth-order valence-electron chi connectivity index (χ4n) is 3.89. The van der Waals surface area contributed by atoms with Gasteiger partial charge in [-0.1, -0.05) is 18.2 Å². The molecule has 7 nitrogen and oxygen atoms in total. The summed E-state index contributed by atoms with van der Waals surface area (Å²) >= 11 is 3.15. The van der Waals surface area contributed by atoms with E-state index in [2.05, 4.69) is 14.7 Å². The normalized spacial score (nSPS) is 17.5. The number of fused-ring (bicyclic) bond motifs is 4. The van der Waals surface area contributed by atoms with Gasteiger partial charge in [0, 0.05) is 24.2 Å². The van der Waals surface area contributed by atoms with Crippen LogP contribution in [0.25, 0.3) is 10.2 Å². The van der Waals surface area contributed by atoms with Crippen LogP contribution in [0.1, 0.15) is 36.0 Å². The molecule has 1 saturated heterocycles. The number of anilines is 2. The summed E-state index contributed by atoms with van der Waals surface area (Å²) in [6.07, 6.45) is 5.60. The quantitative estimate of drug-likeness (QED) is 0.553. The first-order chi connectivity index (χ1) is 14.9. The van der Waals surface area contributed by atoms with E-state index >= 15 is 0 Å². The number of amides is 1. The third-order valence-corrected chi connectivity index (χ3v) is 8.75. The van der Waals surface area contributed by atoms with Gasteiger partial charge in [-0.25, -0.2) is 4.98 Å². The van der Waals surface area contributed by atoms with Crippen molar-refractivity contribution in [3.8, 4) is 0 Å². The zero-order chi connectivity index (χ0) is 21.6. The van der Waals surface area contributed by atoms with E-state index in [0.29, 0.717) is 23.6 Å². The van der Waals surface area contributed by atoms with Crippen LogP contribution in [0.15, 0.2) is 50.0 Å². The molecule has 2 aromatic carbocycles. The molecule has 0 saturated carbocycles. The first-order valence-corrected chi connectivity index (χ1v) is 13.4. The number of benzene rings is 2. The standard InChI is InChI=1S/C21H20N4O3S3/c1-29-21-23-15-8-7-14(12-17(15)30-21)22-20(26)13-6-9-16-18(11-13)31(27,28)24-19-5-3-2-4-10-25(16)19/h6-9,11-12H,2-5,10H2,1H3,(H,22,26). The van der Waals surface area contributed by atoms with Gasteiger partial charge in [0.1, 0.15) is 10.7 Å². The fraction of sp³-hybridized carbons (Fsp3) is 0.286. The number of nitrogens with zero attached hydrogens (tertiary/aromatic N) is 3. The largest absolute Gasteiger partial charge is 0.328 e. The van der Waals surface area contributed by atoms with E-state index in [0.717, 1.165) is 40.4 Å². The van der Waals surface area contributed by atoms with E-state index in [1.165, 1.54) is 6.07 Å². The summed E-state index contributed by atoms with van der Waals surface area (Å²) in [5.41, 5.74) is 2.42. The average molecular weight is 473 g/mol. The number of thiazole rings is 1. The Morgan fingerprint density at radius 2 is 2.03 bits per heavy atom. The van der Waals surface area contributed by atoms with E-state index in [4.69, 9.17) is 0 Å². The molecule has 5 rings (SSSR count). The van der Waals surface area contributed by atoms with Crippen LogP contribution in [-0.2, 0) is 10.0 Å². The molecule has 1 N–H and O–H groups in total. The van der Waals surface area contributed by atoms with E-state index in [9.17, 15) is 13.2 Å². The van der Waals surface area contributed by atoms with Crippen LogP contribution in [0.4, 0.5) is 11.4 Å². The monoisotopic (exact) mass is 472 g/mol. The molecule has 1 aromatic heterocycles. The highest BCUT2D eigenvalue weighted by Gasteiger charge is 2.32. The Kier molecular flexibility index (Phi) is 5.23. The van der Waals surface area contributed by atoms with Gasteiger partial charge >= 0.3 is 0 Å². The molecule has 1 fully saturated rings. The lowest BCUT2D eigenvalue weighted by Gasteiger charge is -2.29. The van der Waals surface area contributed by atoms with Gasteiger partial charge in [-0.2, -0.15) is 8.42 Å². The maximum Gasteiger partial charge on any atom is 0.286 e. The number of thioether (sulfide) groups is 1. The minimum absolute atomic E-state index is 0.0910. The van der Waals surface area contributed by atoms with Crippen molar-refractivity contribution in [1.29, 1.82) is 0 Å². The molecule has 0 spiro atoms. The van der Waals surface area contributed by atoms with Crippen LogP contribution < -0.4 is 10.2 Å². The minimum Gasteiger partial charge on any atom is -0.328 e. The van der Waals surface area contributed by atoms with Gasteiger partial charge in [0.2, 0.25) is 0 Å². The first-order valence-electron chi connectivity index (χ1n) is 9.96. The van der Waals surface area contributed by atoms with E-state index in [1.807, 2.05) is 23.3 Å². The van der Waals surface area contributed by atoms with Gasteiger partial charge in [0.25, 0.3) is 15.9 Å². The number of hydrogen-bond acceptors (Lipinski definition) is 7. The van der Waals surface area contributed by atoms with Gasteiger partial charge in [0.05, 0.1) is 15.9 Å². The minimum atomic E-state index is -3.83. The number of aromatic nitrogens is 1. The summed E-state index contributed by atoms with van der Waals surface area (Å²) in [4.78, 5) is 19.4. The molecular formula is C21H20N4O3S3. The summed E-state index contributed by atoms with van der Waals surface area (Å²) < 4.78 is 31.6. The van der Waals surface area contributed by atoms with E-state index in [1.54, 1.807) is 41.3 Å². The highest BCUT2D eigenvalue weighted by atomic mass is 32.2. The predicted octanol–water partition coefficient (Wildman–Crippen LogP) is 4.75. The van der Waals surface area contributed by atoms with Gasteiger partial charge in [-0.15, -0.1) is 15.7 Å². The molecule has 10 heteroatoms. The predicted molar refractivity (Wildman–Crippen MR) is 126 cm³/mol. The van der Waals surface area contributed by atoms with Crippen molar-refractivity contribution < 1.29 is 13.2 Å². The second kappa shape index (κ2) is 7.92. The molecule has 1 amide bonds. The molecular weight excluding hydrogens is 452 g/mol. The van der Waals surface area contributed by atoms with Gasteiger partial charge in [0.15, 0.2) is 4.34 Å². The average Bonchev–Trinajstić information content (AvgIpc) is 3.03. The van der Waals surface area contributed by atoms with Crippen molar-refractivity contribution in [2.45, 2.75) is 34.9 Å². The maximum atomic E-state index is 12.9. The van der Waals surface area contributed by atoms with Crippen molar-refractivity contribution in [1.82, 2.24) is 4.98 Å². The van der Waals surface area contributed by atoms with Crippen molar-refractivity contribution in [2.24, 2.45) is 4.40 Å². The number of carbonyl (C=O) groups is 1. The molecule has 3 heterocycles. The number of amidine groups is 1. The third-order valence-electron chi connectivity index (χ3n) is 5.41. The lowest BCUT2D eigenvalue weighted by atomic mass is 10.1. The maximum absolute atomic E-state index is 12.9. The fourth-order valence-corrected chi connectivity index (χ4v) is 6.71. The van der Waals surface area contributed by atoms with Crippen LogP contribution in [-0.4, -0.2) is 37.9 Å². The van der Waals surface area contributed by atoms with Gasteiger partial charge < -0.3 is 10.2 Å². The van der Waals surface area contributed by atoms with Crippen molar-refractivity contribution in [3.63, 3.8) is 0 Å². The van der Waals surface area contributed by atoms with Crippen LogP contribution >= 0.6 is 23.1 Å². The Labute approximate surface area is 188 Å². The summed E-state index contributed by atoms with van der Waals surface area (Å²) in [6.45, 7) is 0.736. The molecule has 3 aromatic rings. The Morgan fingerprint density at radius 1 is 1.16 bits per heavy atom. The molecule has 0 unspecified atom stereocenters. The van der Waals surface area contributed by atoms with E-state index < -0.39 is 10.0 Å². The third kappa shape index (κ3) is 3.83. The van der Waals surface area contributed by atoms with Crippen molar-refractivity contribution in [2.75, 3.05) is 23.0 Å². The van der Waals surface area contributed by atoms with Crippen LogP contribution in [0.2, 0.25) is 0 Å².